The van der Waals surface area contributed by atoms with E-state index in [9.17, 15) is 4.39 Å². The Morgan fingerprint density at radius 2 is 1.78 bits per heavy atom. The molecule has 0 saturated carbocycles. The zero-order chi connectivity index (χ0) is 13.3. The third-order valence-corrected chi connectivity index (χ3v) is 3.86. The molecule has 0 radical (unpaired) electrons. The standard InChI is InChI=1S/C15H13Cl2F/c1-9-7-14(16)10(2)6-13(9)15(17)11-4-3-5-12(18)8-11/h3-8,15H,1-2H3. The van der Waals surface area contributed by atoms with Gasteiger partial charge < -0.3 is 0 Å². The second kappa shape index (κ2) is 5.29. The van der Waals surface area contributed by atoms with Crippen molar-refractivity contribution in [3.8, 4) is 0 Å². The number of benzene rings is 2. The summed E-state index contributed by atoms with van der Waals surface area (Å²) in [5.74, 6) is -0.276. The number of hydrogen-bond donors (Lipinski definition) is 0. The van der Waals surface area contributed by atoms with Crippen LogP contribution in [0, 0.1) is 19.7 Å². The molecule has 0 aliphatic rings. The van der Waals surface area contributed by atoms with E-state index in [1.165, 1.54) is 12.1 Å². The first kappa shape index (κ1) is 13.4. The van der Waals surface area contributed by atoms with Gasteiger partial charge in [0, 0.05) is 5.02 Å². The molecule has 0 amide bonds. The lowest BCUT2D eigenvalue weighted by Crippen LogP contribution is -1.98. The molecule has 0 saturated heterocycles. The Labute approximate surface area is 116 Å². The van der Waals surface area contributed by atoms with Gasteiger partial charge in [-0.15, -0.1) is 11.6 Å². The molecule has 2 rings (SSSR count). The summed E-state index contributed by atoms with van der Waals surface area (Å²) in [7, 11) is 0. The lowest BCUT2D eigenvalue weighted by Gasteiger charge is -2.15. The molecule has 0 spiro atoms. The zero-order valence-electron chi connectivity index (χ0n) is 10.2. The van der Waals surface area contributed by atoms with E-state index in [1.807, 2.05) is 32.0 Å². The minimum atomic E-state index is -0.364. The van der Waals surface area contributed by atoms with Crippen molar-refractivity contribution in [1.82, 2.24) is 0 Å². The van der Waals surface area contributed by atoms with Crippen LogP contribution in [0.5, 0.6) is 0 Å². The Kier molecular flexibility index (Phi) is 3.94. The van der Waals surface area contributed by atoms with Crippen LogP contribution in [-0.4, -0.2) is 0 Å². The average molecular weight is 283 g/mol. The number of halogens is 3. The van der Waals surface area contributed by atoms with E-state index in [0.29, 0.717) is 0 Å². The molecule has 1 atom stereocenters. The number of hydrogen-bond acceptors (Lipinski definition) is 0. The maximum atomic E-state index is 13.2. The van der Waals surface area contributed by atoms with Crippen LogP contribution in [0.3, 0.4) is 0 Å². The lowest BCUT2D eigenvalue weighted by molar-refractivity contribution is 0.625. The molecule has 0 aromatic heterocycles. The summed E-state index contributed by atoms with van der Waals surface area (Å²) in [6.45, 7) is 3.88. The maximum Gasteiger partial charge on any atom is 0.123 e. The summed E-state index contributed by atoms with van der Waals surface area (Å²) < 4.78 is 13.2. The van der Waals surface area contributed by atoms with E-state index in [4.69, 9.17) is 23.2 Å². The predicted molar refractivity (Wildman–Crippen MR) is 75.0 cm³/mol. The minimum absolute atomic E-state index is 0.276. The first-order valence-corrected chi connectivity index (χ1v) is 6.46. The molecular weight excluding hydrogens is 270 g/mol. The van der Waals surface area contributed by atoms with Crippen molar-refractivity contribution in [2.75, 3.05) is 0 Å². The average Bonchev–Trinajstić information content (AvgIpc) is 2.33. The molecule has 0 aliphatic heterocycles. The highest BCUT2D eigenvalue weighted by atomic mass is 35.5. The maximum absolute atomic E-state index is 13.2. The van der Waals surface area contributed by atoms with E-state index in [-0.39, 0.29) is 11.2 Å². The number of aryl methyl sites for hydroxylation is 2. The van der Waals surface area contributed by atoms with Crippen molar-refractivity contribution >= 4 is 23.2 Å². The zero-order valence-corrected chi connectivity index (χ0v) is 11.7. The van der Waals surface area contributed by atoms with Gasteiger partial charge in [0.25, 0.3) is 0 Å². The Balaban J connectivity index is 2.46. The van der Waals surface area contributed by atoms with Gasteiger partial charge in [-0.25, -0.2) is 4.39 Å². The highest BCUT2D eigenvalue weighted by Crippen LogP contribution is 2.33. The molecular formula is C15H13Cl2F. The highest BCUT2D eigenvalue weighted by Gasteiger charge is 2.15. The topological polar surface area (TPSA) is 0 Å². The van der Waals surface area contributed by atoms with Crippen molar-refractivity contribution in [2.24, 2.45) is 0 Å². The normalized spacial score (nSPS) is 12.5. The molecule has 0 nitrogen and oxygen atoms in total. The molecule has 0 heterocycles. The monoisotopic (exact) mass is 282 g/mol. The van der Waals surface area contributed by atoms with Crippen LogP contribution in [0.4, 0.5) is 4.39 Å². The molecule has 0 N–H and O–H groups in total. The van der Waals surface area contributed by atoms with E-state index in [1.54, 1.807) is 6.07 Å². The molecule has 3 heteroatoms. The summed E-state index contributed by atoms with van der Waals surface area (Å²) >= 11 is 12.5. The largest absolute Gasteiger partial charge is 0.207 e. The molecule has 1 unspecified atom stereocenters. The third kappa shape index (κ3) is 2.68. The SMILES string of the molecule is Cc1cc(C(Cl)c2cccc(F)c2)c(C)cc1Cl. The van der Waals surface area contributed by atoms with Gasteiger partial charge in [0.15, 0.2) is 0 Å². The molecule has 0 bridgehead atoms. The van der Waals surface area contributed by atoms with Gasteiger partial charge >= 0.3 is 0 Å². The quantitative estimate of drug-likeness (QED) is 0.645. The Hall–Kier alpha value is -1.05. The molecule has 0 fully saturated rings. The summed E-state index contributed by atoms with van der Waals surface area (Å²) in [5.41, 5.74) is 3.69. The molecule has 2 aromatic rings. The summed E-state index contributed by atoms with van der Waals surface area (Å²) in [4.78, 5) is 0. The van der Waals surface area contributed by atoms with Gasteiger partial charge in [0.05, 0.1) is 5.38 Å². The second-order valence-corrected chi connectivity index (χ2v) is 5.22. The van der Waals surface area contributed by atoms with Crippen molar-refractivity contribution in [2.45, 2.75) is 19.2 Å². The van der Waals surface area contributed by atoms with Crippen molar-refractivity contribution in [3.05, 3.63) is 69.5 Å². The first-order valence-electron chi connectivity index (χ1n) is 5.65. The lowest BCUT2D eigenvalue weighted by atomic mass is 9.98. The number of rotatable bonds is 2. The van der Waals surface area contributed by atoms with Crippen molar-refractivity contribution in [3.63, 3.8) is 0 Å². The van der Waals surface area contributed by atoms with Crippen LogP contribution in [0.15, 0.2) is 36.4 Å². The van der Waals surface area contributed by atoms with Crippen molar-refractivity contribution in [1.29, 1.82) is 0 Å². The van der Waals surface area contributed by atoms with Gasteiger partial charge in [-0.05, 0) is 54.3 Å². The number of alkyl halides is 1. The van der Waals surface area contributed by atoms with Crippen LogP contribution >= 0.6 is 23.2 Å². The predicted octanol–water partition coefficient (Wildman–Crippen LogP) is 5.42. The van der Waals surface area contributed by atoms with Crippen molar-refractivity contribution < 1.29 is 4.39 Å². The van der Waals surface area contributed by atoms with Crippen LogP contribution < -0.4 is 0 Å². The highest BCUT2D eigenvalue weighted by molar-refractivity contribution is 6.31. The van der Waals surface area contributed by atoms with E-state index in [2.05, 4.69) is 0 Å². The molecule has 18 heavy (non-hydrogen) atoms. The van der Waals surface area contributed by atoms with Crippen LogP contribution in [0.25, 0.3) is 0 Å². The molecule has 2 aromatic carbocycles. The fourth-order valence-electron chi connectivity index (χ4n) is 1.92. The van der Waals surface area contributed by atoms with Gasteiger partial charge in [0.1, 0.15) is 5.82 Å². The summed E-state index contributed by atoms with van der Waals surface area (Å²) in [5, 5.41) is 0.357. The molecule has 94 valence electrons. The second-order valence-electron chi connectivity index (χ2n) is 4.38. The van der Waals surface area contributed by atoms with Crippen LogP contribution in [0.2, 0.25) is 5.02 Å². The molecule has 0 aliphatic carbocycles. The van der Waals surface area contributed by atoms with Gasteiger partial charge in [-0.1, -0.05) is 29.8 Å². The van der Waals surface area contributed by atoms with Gasteiger partial charge in [0.2, 0.25) is 0 Å². The van der Waals surface area contributed by atoms with E-state index < -0.39 is 0 Å². The third-order valence-electron chi connectivity index (χ3n) is 2.96. The van der Waals surface area contributed by atoms with Gasteiger partial charge in [-0.3, -0.25) is 0 Å². The first-order chi connectivity index (χ1) is 8.49. The van der Waals surface area contributed by atoms with Gasteiger partial charge in [-0.2, -0.15) is 0 Å². The smallest absolute Gasteiger partial charge is 0.123 e. The fourth-order valence-corrected chi connectivity index (χ4v) is 2.51. The summed E-state index contributed by atoms with van der Waals surface area (Å²) in [6, 6.07) is 10.2. The summed E-state index contributed by atoms with van der Waals surface area (Å²) in [6.07, 6.45) is 0. The fraction of sp³-hybridized carbons (Fsp3) is 0.200. The van der Waals surface area contributed by atoms with Crippen LogP contribution in [0.1, 0.15) is 27.6 Å². The minimum Gasteiger partial charge on any atom is -0.207 e. The Morgan fingerprint density at radius 3 is 2.44 bits per heavy atom. The van der Waals surface area contributed by atoms with Crippen LogP contribution in [-0.2, 0) is 0 Å². The van der Waals surface area contributed by atoms with E-state index in [0.717, 1.165) is 27.3 Å². The Morgan fingerprint density at radius 1 is 1.06 bits per heavy atom. The van der Waals surface area contributed by atoms with E-state index >= 15 is 0 Å². The Bertz CT molecular complexity index is 579.